The van der Waals surface area contributed by atoms with Gasteiger partial charge in [-0.1, -0.05) is 6.07 Å². The van der Waals surface area contributed by atoms with Crippen molar-refractivity contribution >= 4 is 40.5 Å². The third-order valence-electron chi connectivity index (χ3n) is 6.22. The average molecular weight is 521 g/mol. The number of halogens is 4. The van der Waals surface area contributed by atoms with Gasteiger partial charge in [-0.25, -0.2) is 9.37 Å². The fourth-order valence-corrected chi connectivity index (χ4v) is 4.77. The summed E-state index contributed by atoms with van der Waals surface area (Å²) in [5.41, 5.74) is -4.28. The lowest BCUT2D eigenvalue weighted by atomic mass is 9.75. The van der Waals surface area contributed by atoms with Gasteiger partial charge in [0.1, 0.15) is 11.6 Å². The van der Waals surface area contributed by atoms with Crippen molar-refractivity contribution in [3.63, 3.8) is 0 Å². The molecule has 0 radical (unpaired) electrons. The molecule has 8 nitrogen and oxygen atoms in total. The minimum Gasteiger partial charge on any atom is -0.396 e. The number of alkyl halides is 3. The van der Waals surface area contributed by atoms with E-state index in [2.05, 4.69) is 10.3 Å². The summed E-state index contributed by atoms with van der Waals surface area (Å²) in [4.78, 5) is 31.7. The Morgan fingerprint density at radius 3 is 2.64 bits per heavy atom. The van der Waals surface area contributed by atoms with Gasteiger partial charge in [0, 0.05) is 13.2 Å². The molecule has 13 heteroatoms. The first-order valence-electron chi connectivity index (χ1n) is 10.9. The van der Waals surface area contributed by atoms with Crippen molar-refractivity contribution in [2.24, 2.45) is 0 Å². The molecule has 2 amide bonds. The number of benzene rings is 1. The molecule has 36 heavy (non-hydrogen) atoms. The van der Waals surface area contributed by atoms with Crippen LogP contribution in [-0.2, 0) is 11.0 Å². The molecule has 1 saturated heterocycles. The number of anilines is 2. The molecule has 1 aromatic carbocycles. The molecule has 0 bridgehead atoms. The maximum atomic E-state index is 15.6. The molecule has 1 aromatic heterocycles. The molecule has 188 valence electrons. The van der Waals surface area contributed by atoms with E-state index in [-0.39, 0.29) is 54.5 Å². The summed E-state index contributed by atoms with van der Waals surface area (Å²) in [6, 6.07) is 5.99. The van der Waals surface area contributed by atoms with Crippen molar-refractivity contribution < 1.29 is 32.3 Å². The predicted octanol–water partition coefficient (Wildman–Crippen LogP) is 3.28. The Morgan fingerprint density at radius 2 is 2.06 bits per heavy atom. The fraction of sp³-hybridized carbons (Fsp3) is 0.348. The Hall–Kier alpha value is -3.63. The first kappa shape index (κ1) is 25.5. The van der Waals surface area contributed by atoms with Crippen molar-refractivity contribution in [2.45, 2.75) is 37.4 Å². The standard InChI is InChI=1S/C23H19F4N5O3S/c24-18-14(19(34)29-8-3-9-33)4-1-5-17(18)32-21(36)31(20(35)22(32)6-2-7-22)13-10-15(23(25,26)27)16(11-28)30-12-13/h1,4-5,10,12,33H,2-3,6-9H2,(H,29,34). The van der Waals surface area contributed by atoms with Gasteiger partial charge < -0.3 is 15.3 Å². The van der Waals surface area contributed by atoms with Gasteiger partial charge in [-0.15, -0.1) is 0 Å². The van der Waals surface area contributed by atoms with Gasteiger partial charge in [0.25, 0.3) is 11.8 Å². The number of nitrogens with zero attached hydrogens (tertiary/aromatic N) is 4. The van der Waals surface area contributed by atoms with Crippen LogP contribution in [0.25, 0.3) is 0 Å². The van der Waals surface area contributed by atoms with Gasteiger partial charge in [0.2, 0.25) is 0 Å². The number of amides is 2. The van der Waals surface area contributed by atoms with E-state index in [4.69, 9.17) is 22.6 Å². The highest BCUT2D eigenvalue weighted by Gasteiger charge is 2.60. The van der Waals surface area contributed by atoms with Gasteiger partial charge in [-0.2, -0.15) is 18.4 Å². The predicted molar refractivity (Wildman–Crippen MR) is 124 cm³/mol. The van der Waals surface area contributed by atoms with E-state index in [0.29, 0.717) is 12.5 Å². The molecule has 1 aliphatic heterocycles. The topological polar surface area (TPSA) is 110 Å². The number of aromatic nitrogens is 1. The number of pyridine rings is 1. The number of thiocarbonyl (C=S) groups is 1. The zero-order chi connectivity index (χ0) is 26.3. The first-order chi connectivity index (χ1) is 17.1. The van der Waals surface area contributed by atoms with Gasteiger partial charge in [-0.3, -0.25) is 14.5 Å². The lowest BCUT2D eigenvalue weighted by Crippen LogP contribution is -2.55. The second-order valence-corrected chi connectivity index (χ2v) is 8.68. The highest BCUT2D eigenvalue weighted by Crippen LogP contribution is 2.49. The molecule has 1 saturated carbocycles. The van der Waals surface area contributed by atoms with Crippen LogP contribution in [0.15, 0.2) is 30.5 Å². The number of carbonyl (C=O) groups is 2. The molecule has 0 atom stereocenters. The van der Waals surface area contributed by atoms with E-state index < -0.39 is 40.6 Å². The maximum Gasteiger partial charge on any atom is 0.419 e. The number of nitrogens with one attached hydrogen (secondary N) is 1. The Balaban J connectivity index is 1.77. The molecule has 2 fully saturated rings. The van der Waals surface area contributed by atoms with E-state index in [0.717, 1.165) is 11.1 Å². The lowest BCUT2D eigenvalue weighted by molar-refractivity contribution is -0.138. The number of aliphatic hydroxyl groups is 1. The van der Waals surface area contributed by atoms with E-state index in [1.54, 1.807) is 0 Å². The largest absolute Gasteiger partial charge is 0.419 e. The van der Waals surface area contributed by atoms with Gasteiger partial charge >= 0.3 is 6.18 Å². The second kappa shape index (κ2) is 9.44. The van der Waals surface area contributed by atoms with Crippen LogP contribution in [-0.4, -0.2) is 45.7 Å². The average Bonchev–Trinajstić information content (AvgIpc) is 3.05. The molecule has 2 N–H and O–H groups in total. The highest BCUT2D eigenvalue weighted by molar-refractivity contribution is 7.81. The maximum absolute atomic E-state index is 15.6. The molecule has 0 unspecified atom stereocenters. The van der Waals surface area contributed by atoms with Crippen LogP contribution < -0.4 is 15.1 Å². The van der Waals surface area contributed by atoms with Crippen LogP contribution in [0.5, 0.6) is 0 Å². The Labute approximate surface area is 208 Å². The molecule has 2 heterocycles. The van der Waals surface area contributed by atoms with Gasteiger partial charge in [0.15, 0.2) is 16.6 Å². The minimum absolute atomic E-state index is 0.116. The number of aliphatic hydroxyl groups excluding tert-OH is 1. The van der Waals surface area contributed by atoms with Crippen molar-refractivity contribution in [1.29, 1.82) is 5.26 Å². The SMILES string of the molecule is N#Cc1ncc(N2C(=O)C3(CCC3)N(c3cccc(C(=O)NCCCO)c3F)C2=S)cc1C(F)(F)F. The third-order valence-corrected chi connectivity index (χ3v) is 6.58. The molecule has 4 rings (SSSR count). The molecule has 1 aliphatic carbocycles. The van der Waals surface area contributed by atoms with Crippen molar-refractivity contribution in [3.05, 3.63) is 53.1 Å². The molecular weight excluding hydrogens is 502 g/mol. The Bertz CT molecular complexity index is 1290. The van der Waals surface area contributed by atoms with Crippen molar-refractivity contribution in [1.82, 2.24) is 10.3 Å². The monoisotopic (exact) mass is 521 g/mol. The fourth-order valence-electron chi connectivity index (χ4n) is 4.31. The summed E-state index contributed by atoms with van der Waals surface area (Å²) in [6.45, 7) is -0.0455. The summed E-state index contributed by atoms with van der Waals surface area (Å²) >= 11 is 5.47. The van der Waals surface area contributed by atoms with E-state index in [1.807, 2.05) is 0 Å². The smallest absolute Gasteiger partial charge is 0.396 e. The highest BCUT2D eigenvalue weighted by atomic mass is 32.1. The lowest BCUT2D eigenvalue weighted by Gasteiger charge is -2.43. The number of nitriles is 1. The van der Waals surface area contributed by atoms with E-state index >= 15 is 4.39 Å². The Kier molecular flexibility index (Phi) is 6.68. The number of carbonyl (C=O) groups excluding carboxylic acids is 2. The van der Waals surface area contributed by atoms with Crippen LogP contribution in [0.2, 0.25) is 0 Å². The van der Waals surface area contributed by atoms with Crippen LogP contribution in [0.1, 0.15) is 47.3 Å². The zero-order valence-electron chi connectivity index (χ0n) is 18.6. The van der Waals surface area contributed by atoms with E-state index in [9.17, 15) is 22.8 Å². The molecule has 1 spiro atoms. The quantitative estimate of drug-likeness (QED) is 0.341. The third kappa shape index (κ3) is 4.06. The van der Waals surface area contributed by atoms with Crippen LogP contribution in [0.4, 0.5) is 28.9 Å². The number of rotatable bonds is 6. The van der Waals surface area contributed by atoms with E-state index in [1.165, 1.54) is 29.2 Å². The second-order valence-electron chi connectivity index (χ2n) is 8.31. The van der Waals surface area contributed by atoms with Crippen LogP contribution in [0.3, 0.4) is 0 Å². The van der Waals surface area contributed by atoms with Crippen LogP contribution >= 0.6 is 12.2 Å². The number of hydrogen-bond donors (Lipinski definition) is 2. The molecular formula is C23H19F4N5O3S. The van der Waals surface area contributed by atoms with Crippen LogP contribution in [0, 0.1) is 17.1 Å². The summed E-state index contributed by atoms with van der Waals surface area (Å²) in [6.07, 6.45) is -2.56. The minimum atomic E-state index is -4.91. The van der Waals surface area contributed by atoms with Gasteiger partial charge in [0.05, 0.1) is 28.7 Å². The molecule has 2 aromatic rings. The summed E-state index contributed by atoms with van der Waals surface area (Å²) in [7, 11) is 0. The summed E-state index contributed by atoms with van der Waals surface area (Å²) in [5, 5.41) is 20.1. The van der Waals surface area contributed by atoms with Gasteiger partial charge in [-0.05, 0) is 56.1 Å². The normalized spacial score (nSPS) is 16.8. The summed E-state index contributed by atoms with van der Waals surface area (Å²) in [5.74, 6) is -2.32. The first-order valence-corrected chi connectivity index (χ1v) is 11.3. The zero-order valence-corrected chi connectivity index (χ0v) is 19.4. The Morgan fingerprint density at radius 1 is 1.33 bits per heavy atom. The summed E-state index contributed by atoms with van der Waals surface area (Å²) < 4.78 is 56.1. The number of hydrogen-bond acceptors (Lipinski definition) is 6. The molecule has 2 aliphatic rings. The van der Waals surface area contributed by atoms with Crippen molar-refractivity contribution in [2.75, 3.05) is 23.0 Å². The van der Waals surface area contributed by atoms with Crippen molar-refractivity contribution in [3.8, 4) is 6.07 Å².